The summed E-state index contributed by atoms with van der Waals surface area (Å²) in [4.78, 5) is 23.6. The number of para-hydroxylation sites is 1. The molecule has 4 N–H and O–H groups in total. The van der Waals surface area contributed by atoms with Gasteiger partial charge in [0.05, 0.1) is 5.56 Å². The molecule has 2 rings (SSSR count). The van der Waals surface area contributed by atoms with Crippen molar-refractivity contribution >= 4 is 17.6 Å². The Kier molecular flexibility index (Phi) is 5.60. The number of nitrogens with two attached hydrogens (primary N) is 1. The molecule has 1 aromatic carbocycles. The van der Waals surface area contributed by atoms with Crippen LogP contribution in [0.15, 0.2) is 24.3 Å². The molecule has 0 saturated heterocycles. The van der Waals surface area contributed by atoms with E-state index in [0.29, 0.717) is 23.7 Å². The molecule has 0 aromatic heterocycles. The summed E-state index contributed by atoms with van der Waals surface area (Å²) >= 11 is 0. The minimum atomic E-state index is -0.469. The van der Waals surface area contributed by atoms with Crippen molar-refractivity contribution in [2.24, 2.45) is 5.92 Å². The number of anilines is 1. The number of nitrogen functional groups attached to an aromatic ring is 1. The van der Waals surface area contributed by atoms with Gasteiger partial charge in [-0.05, 0) is 24.5 Å². The van der Waals surface area contributed by atoms with Gasteiger partial charge >= 0.3 is 6.03 Å². The van der Waals surface area contributed by atoms with Gasteiger partial charge in [0, 0.05) is 12.2 Å². The maximum Gasteiger partial charge on any atom is 0.321 e. The molecule has 0 unspecified atom stereocenters. The first-order valence-corrected chi connectivity index (χ1v) is 7.60. The van der Waals surface area contributed by atoms with Crippen LogP contribution in [0, 0.1) is 5.92 Å². The van der Waals surface area contributed by atoms with Crippen molar-refractivity contribution in [2.75, 3.05) is 12.3 Å². The fourth-order valence-electron chi connectivity index (χ4n) is 2.78. The lowest BCUT2D eigenvalue weighted by atomic mass is 9.87. The summed E-state index contributed by atoms with van der Waals surface area (Å²) in [5.41, 5.74) is 6.39. The Morgan fingerprint density at radius 3 is 2.57 bits per heavy atom. The van der Waals surface area contributed by atoms with E-state index in [1.807, 2.05) is 0 Å². The molecule has 0 bridgehead atoms. The van der Waals surface area contributed by atoms with E-state index in [9.17, 15) is 9.59 Å². The molecule has 3 amide bonds. The Hall–Kier alpha value is -2.04. The van der Waals surface area contributed by atoms with Crippen LogP contribution < -0.4 is 16.4 Å². The summed E-state index contributed by atoms with van der Waals surface area (Å²) in [6, 6.07) is 6.23. The molecule has 1 fully saturated rings. The standard InChI is InChI=1S/C16H23N3O2/c17-14-9-5-4-8-13(14)15(20)19-16(21)18-11-10-12-6-2-1-3-7-12/h4-5,8-9,12H,1-3,6-7,10-11,17H2,(H2,18,19,20,21). The molecule has 0 heterocycles. The molecule has 0 atom stereocenters. The normalized spacial score (nSPS) is 15.4. The van der Waals surface area contributed by atoms with E-state index in [4.69, 9.17) is 5.73 Å². The van der Waals surface area contributed by atoms with Crippen molar-refractivity contribution in [2.45, 2.75) is 38.5 Å². The predicted molar refractivity (Wildman–Crippen MR) is 82.9 cm³/mol. The largest absolute Gasteiger partial charge is 0.398 e. The second-order valence-electron chi connectivity index (χ2n) is 5.59. The van der Waals surface area contributed by atoms with Crippen molar-refractivity contribution in [3.63, 3.8) is 0 Å². The van der Waals surface area contributed by atoms with Crippen LogP contribution in [0.4, 0.5) is 10.5 Å². The number of nitrogens with one attached hydrogen (secondary N) is 2. The van der Waals surface area contributed by atoms with E-state index in [0.717, 1.165) is 6.42 Å². The molecular weight excluding hydrogens is 266 g/mol. The van der Waals surface area contributed by atoms with Crippen molar-refractivity contribution < 1.29 is 9.59 Å². The summed E-state index contributed by atoms with van der Waals surface area (Å²) in [6.07, 6.45) is 7.41. The number of carbonyl (C=O) groups excluding carboxylic acids is 2. The van der Waals surface area contributed by atoms with Crippen molar-refractivity contribution in [1.82, 2.24) is 10.6 Å². The number of imide groups is 1. The molecule has 1 saturated carbocycles. The summed E-state index contributed by atoms with van der Waals surface area (Å²) in [7, 11) is 0. The third-order valence-electron chi connectivity index (χ3n) is 4.00. The van der Waals surface area contributed by atoms with E-state index >= 15 is 0 Å². The molecule has 0 spiro atoms. The number of benzene rings is 1. The van der Waals surface area contributed by atoms with E-state index in [1.165, 1.54) is 32.1 Å². The minimum absolute atomic E-state index is 0.319. The van der Waals surface area contributed by atoms with E-state index in [2.05, 4.69) is 10.6 Å². The van der Waals surface area contributed by atoms with Crippen LogP contribution in [-0.2, 0) is 0 Å². The lowest BCUT2D eigenvalue weighted by Crippen LogP contribution is -2.40. The zero-order valence-corrected chi connectivity index (χ0v) is 12.2. The summed E-state index contributed by atoms with van der Waals surface area (Å²) < 4.78 is 0. The van der Waals surface area contributed by atoms with Gasteiger partial charge in [0.25, 0.3) is 5.91 Å². The first-order valence-electron chi connectivity index (χ1n) is 7.60. The zero-order chi connectivity index (χ0) is 15.1. The van der Waals surface area contributed by atoms with Crippen LogP contribution in [0.2, 0.25) is 0 Å². The van der Waals surface area contributed by atoms with Crippen molar-refractivity contribution in [1.29, 1.82) is 0 Å². The highest BCUT2D eigenvalue weighted by atomic mass is 16.2. The molecule has 114 valence electrons. The Bertz CT molecular complexity index is 496. The third kappa shape index (κ3) is 4.77. The lowest BCUT2D eigenvalue weighted by molar-refractivity contribution is 0.0965. The van der Waals surface area contributed by atoms with E-state index in [-0.39, 0.29) is 0 Å². The smallest absolute Gasteiger partial charge is 0.321 e. The van der Waals surface area contributed by atoms with E-state index in [1.54, 1.807) is 24.3 Å². The number of amides is 3. The molecule has 5 heteroatoms. The minimum Gasteiger partial charge on any atom is -0.398 e. The molecular formula is C16H23N3O2. The maximum atomic E-state index is 11.9. The molecule has 21 heavy (non-hydrogen) atoms. The highest BCUT2D eigenvalue weighted by Crippen LogP contribution is 2.25. The first kappa shape index (κ1) is 15.4. The van der Waals surface area contributed by atoms with Gasteiger partial charge in [-0.2, -0.15) is 0 Å². The van der Waals surface area contributed by atoms with Gasteiger partial charge in [0.1, 0.15) is 0 Å². The maximum absolute atomic E-state index is 11.9. The number of hydrogen-bond acceptors (Lipinski definition) is 3. The molecule has 5 nitrogen and oxygen atoms in total. The second-order valence-corrected chi connectivity index (χ2v) is 5.59. The third-order valence-corrected chi connectivity index (χ3v) is 4.00. The van der Waals surface area contributed by atoms with Gasteiger partial charge in [-0.25, -0.2) is 4.79 Å². The molecule has 1 aliphatic rings. The highest BCUT2D eigenvalue weighted by Gasteiger charge is 2.15. The number of carbonyl (C=O) groups is 2. The summed E-state index contributed by atoms with van der Waals surface area (Å²) in [6.45, 7) is 0.605. The van der Waals surface area contributed by atoms with Crippen molar-refractivity contribution in [3.05, 3.63) is 29.8 Å². The van der Waals surface area contributed by atoms with Crippen LogP contribution in [-0.4, -0.2) is 18.5 Å². The molecule has 1 aliphatic carbocycles. The first-order chi connectivity index (χ1) is 10.2. The topological polar surface area (TPSA) is 84.2 Å². The number of urea groups is 1. The fourth-order valence-corrected chi connectivity index (χ4v) is 2.78. The van der Waals surface area contributed by atoms with Crippen LogP contribution in [0.25, 0.3) is 0 Å². The van der Waals surface area contributed by atoms with Gasteiger partial charge in [-0.3, -0.25) is 10.1 Å². The Morgan fingerprint density at radius 1 is 1.14 bits per heavy atom. The zero-order valence-electron chi connectivity index (χ0n) is 12.2. The van der Waals surface area contributed by atoms with E-state index < -0.39 is 11.9 Å². The number of rotatable bonds is 4. The monoisotopic (exact) mass is 289 g/mol. The molecule has 0 aliphatic heterocycles. The average molecular weight is 289 g/mol. The summed E-state index contributed by atoms with van der Waals surface area (Å²) in [5.74, 6) is 0.239. The fraction of sp³-hybridized carbons (Fsp3) is 0.500. The lowest BCUT2D eigenvalue weighted by Gasteiger charge is -2.21. The van der Waals surface area contributed by atoms with Crippen molar-refractivity contribution in [3.8, 4) is 0 Å². The predicted octanol–water partition coefficient (Wildman–Crippen LogP) is 2.68. The Labute approximate surface area is 125 Å². The van der Waals surface area contributed by atoms with Gasteiger partial charge in [-0.1, -0.05) is 44.2 Å². The second kappa shape index (κ2) is 7.67. The van der Waals surface area contributed by atoms with Gasteiger partial charge in [0.15, 0.2) is 0 Å². The Balaban J connectivity index is 1.71. The van der Waals surface area contributed by atoms with Gasteiger partial charge in [-0.15, -0.1) is 0 Å². The van der Waals surface area contributed by atoms with Crippen LogP contribution in [0.5, 0.6) is 0 Å². The van der Waals surface area contributed by atoms with Gasteiger partial charge in [0.2, 0.25) is 0 Å². The van der Waals surface area contributed by atoms with Crippen LogP contribution in [0.1, 0.15) is 48.9 Å². The average Bonchev–Trinajstić information content (AvgIpc) is 2.48. The van der Waals surface area contributed by atoms with Gasteiger partial charge < -0.3 is 11.1 Å². The SMILES string of the molecule is Nc1ccccc1C(=O)NC(=O)NCCC1CCCCC1. The summed E-state index contributed by atoms with van der Waals surface area (Å²) in [5, 5.41) is 5.04. The quantitative estimate of drug-likeness (QED) is 0.745. The highest BCUT2D eigenvalue weighted by molar-refractivity contribution is 6.07. The molecule has 1 aromatic rings. The van der Waals surface area contributed by atoms with Crippen LogP contribution >= 0.6 is 0 Å². The molecule has 0 radical (unpaired) electrons. The number of hydrogen-bond donors (Lipinski definition) is 3. The Morgan fingerprint density at radius 2 is 1.86 bits per heavy atom. The van der Waals surface area contributed by atoms with Crippen LogP contribution in [0.3, 0.4) is 0 Å².